The van der Waals surface area contributed by atoms with Crippen molar-refractivity contribution in [1.82, 2.24) is 4.90 Å². The molecule has 1 saturated heterocycles. The first-order valence-electron chi connectivity index (χ1n) is 9.20. The third kappa shape index (κ3) is 5.49. The lowest BCUT2D eigenvalue weighted by Gasteiger charge is -2.15. The van der Waals surface area contributed by atoms with Crippen molar-refractivity contribution in [3.05, 3.63) is 60.2 Å². The average molecular weight is 352 g/mol. The van der Waals surface area contributed by atoms with Gasteiger partial charge in [-0.25, -0.2) is 0 Å². The Morgan fingerprint density at radius 3 is 2.88 bits per heavy atom. The smallest absolute Gasteiger partial charge is 0.193 e. The number of ether oxygens (including phenoxy) is 1. The molecule has 0 aliphatic carbocycles. The molecular weight excluding hydrogens is 324 g/mol. The van der Waals surface area contributed by atoms with Gasteiger partial charge in [0.2, 0.25) is 0 Å². The Morgan fingerprint density at radius 2 is 2.08 bits per heavy atom. The first-order valence-corrected chi connectivity index (χ1v) is 9.20. The van der Waals surface area contributed by atoms with Crippen molar-refractivity contribution in [3.63, 3.8) is 0 Å². The van der Waals surface area contributed by atoms with Gasteiger partial charge in [-0.3, -0.25) is 4.99 Å². The lowest BCUT2D eigenvalue weighted by atomic mass is 10.1. The van der Waals surface area contributed by atoms with E-state index in [1.165, 1.54) is 12.0 Å². The molecule has 0 bridgehead atoms. The number of aliphatic imine (C=N–C) groups is 1. The Morgan fingerprint density at radius 1 is 1.23 bits per heavy atom. The van der Waals surface area contributed by atoms with Crippen LogP contribution in [0.15, 0.2) is 59.6 Å². The zero-order valence-corrected chi connectivity index (χ0v) is 15.4. The second-order valence-electron chi connectivity index (χ2n) is 6.77. The standard InChI is InChI=1S/C21H28N4O/c1-26-20-9-5-8-19(14-20)24-21(22)23-15-18-11-13-25(16-18)12-10-17-6-3-2-4-7-17/h2-9,14,18H,10-13,15-16H2,1H3,(H3,22,23,24). The van der Waals surface area contributed by atoms with Gasteiger partial charge in [-0.15, -0.1) is 0 Å². The van der Waals surface area contributed by atoms with Gasteiger partial charge in [-0.1, -0.05) is 36.4 Å². The molecule has 0 amide bonds. The van der Waals surface area contributed by atoms with Crippen LogP contribution >= 0.6 is 0 Å². The second kappa shape index (κ2) is 9.25. The molecule has 2 aromatic carbocycles. The molecule has 1 aliphatic rings. The van der Waals surface area contributed by atoms with Crippen molar-refractivity contribution in [2.24, 2.45) is 16.6 Å². The molecule has 1 aliphatic heterocycles. The fourth-order valence-electron chi connectivity index (χ4n) is 3.31. The molecule has 0 spiro atoms. The number of likely N-dealkylation sites (tertiary alicyclic amines) is 1. The van der Waals surface area contributed by atoms with Crippen LogP contribution in [0.25, 0.3) is 0 Å². The van der Waals surface area contributed by atoms with Crippen LogP contribution in [0.1, 0.15) is 12.0 Å². The summed E-state index contributed by atoms with van der Waals surface area (Å²) in [7, 11) is 1.65. The van der Waals surface area contributed by atoms with Crippen molar-refractivity contribution >= 4 is 11.6 Å². The predicted molar refractivity (Wildman–Crippen MR) is 108 cm³/mol. The second-order valence-corrected chi connectivity index (χ2v) is 6.77. The van der Waals surface area contributed by atoms with Gasteiger partial charge >= 0.3 is 0 Å². The Bertz CT molecular complexity index is 717. The number of methoxy groups -OCH3 is 1. The summed E-state index contributed by atoms with van der Waals surface area (Å²) in [4.78, 5) is 7.05. The number of anilines is 1. The number of hydrogen-bond donors (Lipinski definition) is 2. The van der Waals surface area contributed by atoms with Gasteiger partial charge < -0.3 is 20.7 Å². The fraction of sp³-hybridized carbons (Fsp3) is 0.381. The predicted octanol–water partition coefficient (Wildman–Crippen LogP) is 2.99. The normalized spacial score (nSPS) is 18.0. The number of guanidine groups is 1. The Kier molecular flexibility index (Phi) is 6.50. The molecule has 1 unspecified atom stereocenters. The molecule has 0 aromatic heterocycles. The summed E-state index contributed by atoms with van der Waals surface area (Å²) in [6.07, 6.45) is 2.29. The van der Waals surface area contributed by atoms with Crippen LogP contribution in [-0.2, 0) is 6.42 Å². The summed E-state index contributed by atoms with van der Waals surface area (Å²) >= 11 is 0. The lowest BCUT2D eigenvalue weighted by Crippen LogP contribution is -2.26. The van der Waals surface area contributed by atoms with Crippen LogP contribution in [0.2, 0.25) is 0 Å². The maximum Gasteiger partial charge on any atom is 0.193 e. The molecule has 0 saturated carbocycles. The monoisotopic (exact) mass is 352 g/mol. The number of benzene rings is 2. The van der Waals surface area contributed by atoms with Crippen molar-refractivity contribution in [2.75, 3.05) is 38.6 Å². The molecule has 1 heterocycles. The first kappa shape index (κ1) is 18.3. The highest BCUT2D eigenvalue weighted by molar-refractivity contribution is 5.92. The molecule has 0 radical (unpaired) electrons. The molecule has 1 fully saturated rings. The summed E-state index contributed by atoms with van der Waals surface area (Å²) in [6, 6.07) is 18.4. The van der Waals surface area contributed by atoms with Gasteiger partial charge in [0.25, 0.3) is 0 Å². The van der Waals surface area contributed by atoms with Gasteiger partial charge in [0.15, 0.2) is 5.96 Å². The maximum absolute atomic E-state index is 6.03. The van der Waals surface area contributed by atoms with Crippen LogP contribution in [0.5, 0.6) is 5.75 Å². The van der Waals surface area contributed by atoms with E-state index in [0.717, 1.165) is 44.0 Å². The van der Waals surface area contributed by atoms with Crippen molar-refractivity contribution in [2.45, 2.75) is 12.8 Å². The summed E-state index contributed by atoms with van der Waals surface area (Å²) in [6.45, 7) is 4.13. The SMILES string of the molecule is COc1cccc(NC(N)=NCC2CCN(CCc3ccccc3)C2)c1. The van der Waals surface area contributed by atoms with Gasteiger partial charge in [-0.05, 0) is 43.0 Å². The van der Waals surface area contributed by atoms with E-state index in [1.54, 1.807) is 7.11 Å². The Labute approximate surface area is 155 Å². The van der Waals surface area contributed by atoms with E-state index in [9.17, 15) is 0 Å². The van der Waals surface area contributed by atoms with Crippen molar-refractivity contribution in [3.8, 4) is 5.75 Å². The van der Waals surface area contributed by atoms with Crippen molar-refractivity contribution < 1.29 is 4.74 Å². The number of rotatable bonds is 7. The quantitative estimate of drug-likeness (QED) is 0.594. The number of nitrogens with one attached hydrogen (secondary N) is 1. The fourth-order valence-corrected chi connectivity index (χ4v) is 3.31. The van der Waals surface area contributed by atoms with E-state index in [1.807, 2.05) is 24.3 Å². The Hall–Kier alpha value is -2.53. The van der Waals surface area contributed by atoms with E-state index in [2.05, 4.69) is 45.5 Å². The summed E-state index contributed by atoms with van der Waals surface area (Å²) < 4.78 is 5.22. The Balaban J connectivity index is 1.42. The average Bonchev–Trinajstić information content (AvgIpc) is 3.14. The van der Waals surface area contributed by atoms with Crippen molar-refractivity contribution in [1.29, 1.82) is 0 Å². The summed E-state index contributed by atoms with van der Waals surface area (Å²) in [5, 5.41) is 3.13. The largest absolute Gasteiger partial charge is 0.497 e. The lowest BCUT2D eigenvalue weighted by molar-refractivity contribution is 0.330. The maximum atomic E-state index is 6.03. The summed E-state index contributed by atoms with van der Waals surface area (Å²) in [5.74, 6) is 1.84. The van der Waals surface area contributed by atoms with E-state index in [-0.39, 0.29) is 0 Å². The van der Waals surface area contributed by atoms with Gasteiger partial charge in [-0.2, -0.15) is 0 Å². The topological polar surface area (TPSA) is 62.9 Å². The van der Waals surface area contributed by atoms with Gasteiger partial charge in [0, 0.05) is 31.4 Å². The molecule has 5 heteroatoms. The molecule has 1 atom stereocenters. The minimum atomic E-state index is 0.459. The zero-order chi connectivity index (χ0) is 18.2. The highest BCUT2D eigenvalue weighted by Crippen LogP contribution is 2.18. The van der Waals surface area contributed by atoms with Crippen LogP contribution in [-0.4, -0.2) is 44.1 Å². The summed E-state index contributed by atoms with van der Waals surface area (Å²) in [5.41, 5.74) is 8.32. The van der Waals surface area contributed by atoms with Crippen LogP contribution in [0.3, 0.4) is 0 Å². The molecule has 3 rings (SSSR count). The minimum absolute atomic E-state index is 0.459. The van der Waals surface area contributed by atoms with Gasteiger partial charge in [0.05, 0.1) is 7.11 Å². The molecule has 26 heavy (non-hydrogen) atoms. The van der Waals surface area contributed by atoms with Crippen LogP contribution < -0.4 is 15.8 Å². The number of nitrogens with zero attached hydrogens (tertiary/aromatic N) is 2. The number of nitrogens with two attached hydrogens (primary N) is 1. The minimum Gasteiger partial charge on any atom is -0.497 e. The van der Waals surface area contributed by atoms with Gasteiger partial charge in [0.1, 0.15) is 5.75 Å². The van der Waals surface area contributed by atoms with E-state index < -0.39 is 0 Å². The molecule has 3 N–H and O–H groups in total. The molecule has 5 nitrogen and oxygen atoms in total. The third-order valence-corrected chi connectivity index (χ3v) is 4.79. The van der Waals surface area contributed by atoms with Crippen LogP contribution in [0.4, 0.5) is 5.69 Å². The molecule has 2 aromatic rings. The highest BCUT2D eigenvalue weighted by Gasteiger charge is 2.21. The zero-order valence-electron chi connectivity index (χ0n) is 15.4. The van der Waals surface area contributed by atoms with Crippen LogP contribution in [0, 0.1) is 5.92 Å². The molecule has 138 valence electrons. The van der Waals surface area contributed by atoms with E-state index in [0.29, 0.717) is 11.9 Å². The van der Waals surface area contributed by atoms with E-state index >= 15 is 0 Å². The number of hydrogen-bond acceptors (Lipinski definition) is 3. The first-order chi connectivity index (χ1) is 12.7. The van der Waals surface area contributed by atoms with E-state index in [4.69, 9.17) is 10.5 Å². The highest BCUT2D eigenvalue weighted by atomic mass is 16.5. The molecular formula is C21H28N4O. The third-order valence-electron chi connectivity index (χ3n) is 4.79.